The van der Waals surface area contributed by atoms with Gasteiger partial charge in [-0.3, -0.25) is 9.36 Å². The van der Waals surface area contributed by atoms with E-state index in [1.807, 2.05) is 60.7 Å². The number of carbonyl (C=O) groups is 1. The molecule has 1 aromatic heterocycles. The van der Waals surface area contributed by atoms with Crippen LogP contribution in [-0.4, -0.2) is 15.8 Å². The molecular weight excluding hydrogens is 865 g/mol. The molecule has 307 valence electrons. The zero-order chi connectivity index (χ0) is 43.2. The summed E-state index contributed by atoms with van der Waals surface area (Å²) in [4.78, 5) is 29.0. The molecule has 0 amide bonds. The number of carbonyl (C=O) groups excluding carboxylic acids is 1. The first-order chi connectivity index (χ1) is 29.9. The molecule has 9 aromatic rings. The number of hydrogen-bond donors (Lipinski definition) is 1. The Hall–Kier alpha value is -6.31. The summed E-state index contributed by atoms with van der Waals surface area (Å²) in [6.07, 6.45) is 1.69. The van der Waals surface area contributed by atoms with Crippen molar-refractivity contribution in [2.75, 3.05) is 5.73 Å². The number of aromatic nitrogens is 2. The maximum absolute atomic E-state index is 10.0. The molecule has 0 fully saturated rings. The Morgan fingerprint density at radius 2 is 0.918 bits per heavy atom. The third kappa shape index (κ3) is 13.3. The summed E-state index contributed by atoms with van der Waals surface area (Å²) in [7, 11) is 14.7. The van der Waals surface area contributed by atoms with Gasteiger partial charge in [0.1, 0.15) is 12.1 Å². The molecule has 0 saturated carbocycles. The van der Waals surface area contributed by atoms with Gasteiger partial charge in [-0.25, -0.2) is 4.98 Å². The molecule has 6 nitrogen and oxygen atoms in total. The van der Waals surface area contributed by atoms with Crippen LogP contribution >= 0.6 is 30.3 Å². The van der Waals surface area contributed by atoms with Crippen molar-refractivity contribution in [2.45, 2.75) is 6.42 Å². The van der Waals surface area contributed by atoms with E-state index < -0.39 is 11.2 Å². The summed E-state index contributed by atoms with van der Waals surface area (Å²) in [5, 5.41) is 0. The van der Waals surface area contributed by atoms with Crippen molar-refractivity contribution in [3.8, 4) is 39.3 Å². The van der Waals surface area contributed by atoms with E-state index in [9.17, 15) is 4.79 Å². The number of nitrogens with two attached hydrogens (primary N) is 1. The molecular formula is C51H41Cl3FeN3O3. The van der Waals surface area contributed by atoms with Crippen molar-refractivity contribution in [3.63, 3.8) is 0 Å². The van der Waals surface area contributed by atoms with Gasteiger partial charge in [0, 0.05) is 38.7 Å². The molecule has 0 atom stereocenters. The largest absolute Gasteiger partial charge is 0.292 e. The number of nitrogen functional groups attached to an aromatic ring is 1. The Labute approximate surface area is 373 Å². The van der Waals surface area contributed by atoms with Crippen LogP contribution in [0.1, 0.15) is 21.5 Å². The second kappa shape index (κ2) is 24.7. The van der Waals surface area contributed by atoms with E-state index in [0.717, 1.165) is 52.1 Å². The Kier molecular flexibility index (Phi) is 18.5. The maximum Gasteiger partial charge on any atom is 0.145 e. The fourth-order valence-corrected chi connectivity index (χ4v) is 6.59. The third-order valence-electron chi connectivity index (χ3n) is 9.30. The number of anilines is 1. The number of imidazole rings is 1. The quantitative estimate of drug-likeness (QED) is 0.0976. The minimum atomic E-state index is -1.33. The molecule has 10 heteroatoms. The van der Waals surface area contributed by atoms with Crippen LogP contribution in [0.4, 0.5) is 5.69 Å². The van der Waals surface area contributed by atoms with Crippen molar-refractivity contribution >= 4 is 53.3 Å². The number of para-hydroxylation sites is 4. The fraction of sp³-hybridized carbons (Fsp3) is 0.0196. The predicted molar refractivity (Wildman–Crippen MR) is 254 cm³/mol. The molecule has 0 aliphatic carbocycles. The first kappa shape index (κ1) is 45.8. The Bertz CT molecular complexity index is 2680. The van der Waals surface area contributed by atoms with Crippen molar-refractivity contribution in [1.82, 2.24) is 9.55 Å². The predicted octanol–water partition coefficient (Wildman–Crippen LogP) is 14.5. The summed E-state index contributed by atoms with van der Waals surface area (Å²) in [6.45, 7) is 0. The monoisotopic (exact) mass is 904 g/mol. The van der Waals surface area contributed by atoms with Crippen LogP contribution in [0.2, 0.25) is 0 Å². The van der Waals surface area contributed by atoms with E-state index in [1.165, 1.54) is 33.4 Å². The average Bonchev–Trinajstić information content (AvgIpc) is 3.72. The number of fused-ring (bicyclic) bond motifs is 1. The first-order valence-electron chi connectivity index (χ1n) is 18.9. The van der Waals surface area contributed by atoms with Crippen molar-refractivity contribution in [2.24, 2.45) is 0 Å². The summed E-state index contributed by atoms with van der Waals surface area (Å²) >= 11 is -1.33. The van der Waals surface area contributed by atoms with Gasteiger partial charge < -0.3 is 5.73 Å². The van der Waals surface area contributed by atoms with Gasteiger partial charge in [-0.05, 0) is 52.1 Å². The first-order valence-corrected chi connectivity index (χ1v) is 23.5. The second-order valence-electron chi connectivity index (χ2n) is 13.1. The zero-order valence-corrected chi connectivity index (χ0v) is 36.1. The molecule has 9 rings (SSSR count). The molecule has 0 radical (unpaired) electrons. The van der Waals surface area contributed by atoms with Crippen LogP contribution in [0.25, 0.3) is 50.4 Å². The average molecular weight is 906 g/mol. The molecule has 8 aromatic carbocycles. The minimum absolute atomic E-state index is 0.729. The molecule has 0 aliphatic rings. The molecule has 0 unspecified atom stereocenters. The number of hydrogen-bond acceptors (Lipinski definition) is 5. The Morgan fingerprint density at radius 1 is 0.492 bits per heavy atom. The SMILES string of the molecule is Nc1ccccc1Cc1ccccc1-c1ccccc1.O=Cc1ccccc1.O=O.[Cl][Fe]([Cl])[Cl].c1ccc(-c2ccccc2-n2c(-c3ccccc3)nc3ccccc32)cc1. The number of aldehydes is 1. The van der Waals surface area contributed by atoms with E-state index in [0.29, 0.717) is 0 Å². The minimum Gasteiger partial charge on any atom is -0.292 e. The topological polar surface area (TPSA) is 95.0 Å². The van der Waals surface area contributed by atoms with Gasteiger partial charge >= 0.3 is 41.5 Å². The summed E-state index contributed by atoms with van der Waals surface area (Å²) < 4.78 is 2.27. The van der Waals surface area contributed by atoms with Crippen LogP contribution in [0.5, 0.6) is 0 Å². The number of nitrogens with zero attached hydrogens (tertiary/aromatic N) is 2. The summed E-state index contributed by atoms with van der Waals surface area (Å²) in [5.74, 6) is 0.959. The van der Waals surface area contributed by atoms with Gasteiger partial charge in [-0.15, -0.1) is 0 Å². The molecule has 0 spiro atoms. The maximum atomic E-state index is 10.0. The van der Waals surface area contributed by atoms with Crippen LogP contribution in [-0.2, 0) is 17.6 Å². The second-order valence-corrected chi connectivity index (χ2v) is 18.6. The summed E-state index contributed by atoms with van der Waals surface area (Å²) in [5.41, 5.74) is 19.4. The molecule has 0 bridgehead atoms. The molecule has 2 N–H and O–H groups in total. The van der Waals surface area contributed by atoms with Crippen molar-refractivity contribution in [3.05, 3.63) is 245 Å². The van der Waals surface area contributed by atoms with Gasteiger partial charge in [0.2, 0.25) is 0 Å². The normalized spacial score (nSPS) is 10.2. The molecule has 1 heterocycles. The van der Waals surface area contributed by atoms with Crippen LogP contribution in [0, 0.1) is 9.93 Å². The molecule has 0 aliphatic heterocycles. The van der Waals surface area contributed by atoms with Gasteiger partial charge in [0.15, 0.2) is 0 Å². The van der Waals surface area contributed by atoms with Gasteiger partial charge in [-0.1, -0.05) is 194 Å². The van der Waals surface area contributed by atoms with Crippen molar-refractivity contribution < 1.29 is 16.0 Å². The van der Waals surface area contributed by atoms with Gasteiger partial charge in [0.25, 0.3) is 0 Å². The number of benzene rings is 8. The van der Waals surface area contributed by atoms with E-state index >= 15 is 0 Å². The fourth-order valence-electron chi connectivity index (χ4n) is 6.59. The van der Waals surface area contributed by atoms with Crippen LogP contribution < -0.4 is 5.73 Å². The zero-order valence-electron chi connectivity index (χ0n) is 32.8. The van der Waals surface area contributed by atoms with E-state index in [1.54, 1.807) is 12.1 Å². The van der Waals surface area contributed by atoms with Crippen LogP contribution in [0.3, 0.4) is 0 Å². The number of rotatable bonds is 7. The Balaban J connectivity index is 0.000000181. The molecule has 0 saturated heterocycles. The van der Waals surface area contributed by atoms with Crippen LogP contribution in [0.15, 0.2) is 218 Å². The molecule has 61 heavy (non-hydrogen) atoms. The standard InChI is InChI=1S/C25H18N2.C19H17N.C7H6O.3ClH.Fe.O2/c1-3-11-19(12-4-1)21-15-7-9-17-23(21)27-24-18-10-8-16-22(24)26-25(27)20-13-5-2-6-14-20;20-19-13-7-5-11-17(19)14-16-10-4-6-12-18(16)15-8-2-1-3-9-15;8-6-7-4-2-1-3-5-7;;;;;1-2/h1-18H;1-13H,14,20H2;1-6H;3*1H;;/q;;;;;;+3;/p-3. The van der Waals surface area contributed by atoms with E-state index in [2.05, 4.69) is 150 Å². The van der Waals surface area contributed by atoms with E-state index in [4.69, 9.17) is 50.9 Å². The van der Waals surface area contributed by atoms with Gasteiger partial charge in [-0.2, -0.15) is 0 Å². The Morgan fingerprint density at radius 3 is 1.48 bits per heavy atom. The van der Waals surface area contributed by atoms with Crippen molar-refractivity contribution in [1.29, 1.82) is 0 Å². The van der Waals surface area contributed by atoms with Gasteiger partial charge in [0.05, 0.1) is 16.7 Å². The number of halogens is 3. The third-order valence-corrected chi connectivity index (χ3v) is 9.30. The van der Waals surface area contributed by atoms with E-state index in [-0.39, 0.29) is 0 Å². The summed E-state index contributed by atoms with van der Waals surface area (Å²) in [6, 6.07) is 73.9. The smallest absolute Gasteiger partial charge is 0.145 e.